The van der Waals surface area contributed by atoms with Crippen molar-refractivity contribution in [3.63, 3.8) is 0 Å². The highest BCUT2D eigenvalue weighted by Crippen LogP contribution is 2.35. The van der Waals surface area contributed by atoms with Gasteiger partial charge in [0.2, 0.25) is 0 Å². The van der Waals surface area contributed by atoms with Gasteiger partial charge < -0.3 is 4.74 Å². The van der Waals surface area contributed by atoms with Gasteiger partial charge in [-0.3, -0.25) is 9.69 Å². The SMILES string of the molecule is CCOc1cccc2sc(N(Cc3ccccc3)C(=O)/C=C/c3cccs3)nc12. The summed E-state index contributed by atoms with van der Waals surface area (Å²) >= 11 is 3.10. The van der Waals surface area contributed by atoms with Crippen LogP contribution in [0, 0.1) is 0 Å². The second kappa shape index (κ2) is 9.03. The van der Waals surface area contributed by atoms with Crippen LogP contribution in [0.25, 0.3) is 16.3 Å². The highest BCUT2D eigenvalue weighted by molar-refractivity contribution is 7.22. The predicted octanol–water partition coefficient (Wildman–Crippen LogP) is 6.00. The van der Waals surface area contributed by atoms with E-state index in [9.17, 15) is 4.79 Å². The van der Waals surface area contributed by atoms with Gasteiger partial charge >= 0.3 is 0 Å². The van der Waals surface area contributed by atoms with Crippen LogP contribution in [-0.4, -0.2) is 17.5 Å². The van der Waals surface area contributed by atoms with E-state index in [2.05, 4.69) is 0 Å². The number of carbonyl (C=O) groups is 1. The van der Waals surface area contributed by atoms with Crippen molar-refractivity contribution in [1.29, 1.82) is 0 Å². The lowest BCUT2D eigenvalue weighted by atomic mass is 10.2. The molecule has 0 bridgehead atoms. The Morgan fingerprint density at radius 3 is 2.72 bits per heavy atom. The third-order valence-electron chi connectivity index (χ3n) is 4.28. The molecule has 0 fully saturated rings. The summed E-state index contributed by atoms with van der Waals surface area (Å²) < 4.78 is 6.71. The molecule has 146 valence electrons. The van der Waals surface area contributed by atoms with Crippen LogP contribution < -0.4 is 9.64 Å². The van der Waals surface area contributed by atoms with E-state index in [-0.39, 0.29) is 5.91 Å². The van der Waals surface area contributed by atoms with Crippen molar-refractivity contribution >= 4 is 50.0 Å². The van der Waals surface area contributed by atoms with E-state index >= 15 is 0 Å². The molecule has 0 aliphatic carbocycles. The molecule has 2 heterocycles. The average Bonchev–Trinajstić information content (AvgIpc) is 3.41. The van der Waals surface area contributed by atoms with E-state index in [0.29, 0.717) is 18.3 Å². The first-order valence-corrected chi connectivity index (χ1v) is 11.0. The number of fused-ring (bicyclic) bond motifs is 1. The second-order valence-corrected chi connectivity index (χ2v) is 8.28. The lowest BCUT2D eigenvalue weighted by Gasteiger charge is -2.18. The van der Waals surface area contributed by atoms with Crippen LogP contribution in [-0.2, 0) is 11.3 Å². The van der Waals surface area contributed by atoms with Crippen molar-refractivity contribution in [2.75, 3.05) is 11.5 Å². The van der Waals surface area contributed by atoms with Gasteiger partial charge in [0.05, 0.1) is 17.9 Å². The van der Waals surface area contributed by atoms with Gasteiger partial charge in [0, 0.05) is 11.0 Å². The van der Waals surface area contributed by atoms with Gasteiger partial charge in [0.15, 0.2) is 5.13 Å². The zero-order chi connectivity index (χ0) is 20.1. The minimum absolute atomic E-state index is 0.0979. The highest BCUT2D eigenvalue weighted by atomic mass is 32.1. The average molecular weight is 421 g/mol. The van der Waals surface area contributed by atoms with Crippen molar-refractivity contribution in [3.8, 4) is 5.75 Å². The van der Waals surface area contributed by atoms with Gasteiger partial charge in [-0.1, -0.05) is 53.8 Å². The van der Waals surface area contributed by atoms with Crippen molar-refractivity contribution in [2.24, 2.45) is 0 Å². The summed E-state index contributed by atoms with van der Waals surface area (Å²) in [6.45, 7) is 2.98. The first-order chi connectivity index (χ1) is 14.2. The Hall–Kier alpha value is -2.96. The number of carbonyl (C=O) groups excluding carboxylic acids is 1. The Morgan fingerprint density at radius 2 is 1.97 bits per heavy atom. The number of nitrogens with zero attached hydrogens (tertiary/aromatic N) is 2. The number of para-hydroxylation sites is 1. The summed E-state index contributed by atoms with van der Waals surface area (Å²) in [5.41, 5.74) is 1.84. The second-order valence-electron chi connectivity index (χ2n) is 6.29. The number of hydrogen-bond acceptors (Lipinski definition) is 5. The maximum absolute atomic E-state index is 13.1. The molecule has 0 spiro atoms. The molecular weight excluding hydrogens is 400 g/mol. The van der Waals surface area contributed by atoms with Crippen LogP contribution >= 0.6 is 22.7 Å². The van der Waals surface area contributed by atoms with E-state index in [0.717, 1.165) is 26.4 Å². The number of thiazole rings is 1. The van der Waals surface area contributed by atoms with Crippen LogP contribution in [0.4, 0.5) is 5.13 Å². The molecule has 29 heavy (non-hydrogen) atoms. The van der Waals surface area contributed by atoms with Gasteiger partial charge in [-0.2, -0.15) is 0 Å². The fraction of sp³-hybridized carbons (Fsp3) is 0.130. The molecule has 0 N–H and O–H groups in total. The van der Waals surface area contributed by atoms with E-state index in [4.69, 9.17) is 9.72 Å². The molecule has 6 heteroatoms. The molecular formula is C23H20N2O2S2. The third kappa shape index (κ3) is 4.55. The molecule has 2 aromatic heterocycles. The van der Waals surface area contributed by atoms with Crippen LogP contribution in [0.3, 0.4) is 0 Å². The highest BCUT2D eigenvalue weighted by Gasteiger charge is 2.19. The van der Waals surface area contributed by atoms with Gasteiger partial charge in [0.25, 0.3) is 5.91 Å². The minimum atomic E-state index is -0.0979. The molecule has 0 saturated heterocycles. The molecule has 4 nitrogen and oxygen atoms in total. The fourth-order valence-corrected chi connectivity index (χ4v) is 4.54. The van der Waals surface area contributed by atoms with Gasteiger partial charge in [-0.15, -0.1) is 11.3 Å². The molecule has 0 aliphatic heterocycles. The first kappa shape index (κ1) is 19.4. The minimum Gasteiger partial charge on any atom is -0.492 e. The molecule has 0 unspecified atom stereocenters. The molecule has 0 aliphatic rings. The number of anilines is 1. The van der Waals surface area contributed by atoms with Crippen molar-refractivity contribution in [1.82, 2.24) is 4.98 Å². The molecule has 0 saturated carbocycles. The Morgan fingerprint density at radius 1 is 1.10 bits per heavy atom. The van der Waals surface area contributed by atoms with E-state index in [1.165, 1.54) is 11.3 Å². The predicted molar refractivity (Wildman–Crippen MR) is 122 cm³/mol. The zero-order valence-electron chi connectivity index (χ0n) is 15.9. The Kier molecular flexibility index (Phi) is 6.03. The molecule has 1 amide bonds. The standard InChI is InChI=1S/C23H20N2O2S2/c1-2-27-19-11-6-12-20-22(19)24-23(29-20)25(16-17-8-4-3-5-9-17)21(26)14-13-18-10-7-15-28-18/h3-15H,2,16H2,1H3/b14-13+. The summed E-state index contributed by atoms with van der Waals surface area (Å²) in [6.07, 6.45) is 3.47. The fourth-order valence-electron chi connectivity index (χ4n) is 2.93. The monoisotopic (exact) mass is 420 g/mol. The quantitative estimate of drug-likeness (QED) is 0.344. The third-order valence-corrected chi connectivity index (χ3v) is 6.17. The Balaban J connectivity index is 1.70. The number of hydrogen-bond donors (Lipinski definition) is 0. The summed E-state index contributed by atoms with van der Waals surface area (Å²) in [4.78, 5) is 20.6. The summed E-state index contributed by atoms with van der Waals surface area (Å²) in [7, 11) is 0. The zero-order valence-corrected chi connectivity index (χ0v) is 17.6. The molecule has 0 radical (unpaired) electrons. The Bertz CT molecular complexity index is 1120. The van der Waals surface area contributed by atoms with Gasteiger partial charge in [-0.05, 0) is 42.1 Å². The molecule has 4 aromatic rings. The smallest absolute Gasteiger partial charge is 0.253 e. The summed E-state index contributed by atoms with van der Waals surface area (Å²) in [5.74, 6) is 0.646. The largest absolute Gasteiger partial charge is 0.492 e. The van der Waals surface area contributed by atoms with Crippen molar-refractivity contribution in [3.05, 3.63) is 82.6 Å². The van der Waals surface area contributed by atoms with Crippen molar-refractivity contribution in [2.45, 2.75) is 13.5 Å². The van der Waals surface area contributed by atoms with Crippen LogP contribution in [0.1, 0.15) is 17.4 Å². The Labute approximate surface area is 177 Å². The molecule has 2 aromatic carbocycles. The number of ether oxygens (including phenoxy) is 1. The summed E-state index contributed by atoms with van der Waals surface area (Å²) in [6, 6.07) is 19.8. The number of thiophene rings is 1. The van der Waals surface area contributed by atoms with E-state index in [1.807, 2.05) is 79.0 Å². The van der Waals surface area contributed by atoms with E-state index < -0.39 is 0 Å². The van der Waals surface area contributed by atoms with Gasteiger partial charge in [-0.25, -0.2) is 4.98 Å². The maximum Gasteiger partial charge on any atom is 0.253 e. The number of benzene rings is 2. The first-order valence-electron chi connectivity index (χ1n) is 9.34. The molecule has 4 rings (SSSR count). The van der Waals surface area contributed by atoms with Crippen LogP contribution in [0.5, 0.6) is 5.75 Å². The number of aromatic nitrogens is 1. The van der Waals surface area contributed by atoms with Crippen LogP contribution in [0.15, 0.2) is 72.1 Å². The maximum atomic E-state index is 13.1. The molecule has 0 atom stereocenters. The van der Waals surface area contributed by atoms with Gasteiger partial charge in [0.1, 0.15) is 11.3 Å². The normalized spacial score (nSPS) is 11.2. The van der Waals surface area contributed by atoms with E-state index in [1.54, 1.807) is 22.3 Å². The van der Waals surface area contributed by atoms with Crippen LogP contribution in [0.2, 0.25) is 0 Å². The number of rotatable bonds is 7. The number of amides is 1. The topological polar surface area (TPSA) is 42.4 Å². The lowest BCUT2D eigenvalue weighted by Crippen LogP contribution is -2.28. The van der Waals surface area contributed by atoms with Crippen molar-refractivity contribution < 1.29 is 9.53 Å². The lowest BCUT2D eigenvalue weighted by molar-refractivity contribution is -0.114. The summed E-state index contributed by atoms with van der Waals surface area (Å²) in [5, 5.41) is 2.66.